The molecule has 0 aliphatic carbocycles. The van der Waals surface area contributed by atoms with Gasteiger partial charge in [0.25, 0.3) is 5.91 Å². The van der Waals surface area contributed by atoms with Crippen molar-refractivity contribution in [2.24, 2.45) is 11.7 Å². The third kappa shape index (κ3) is 3.05. The number of hydrogen-bond donors (Lipinski definition) is 1. The van der Waals surface area contributed by atoms with Crippen molar-refractivity contribution in [1.29, 1.82) is 0 Å². The molecule has 3 rings (SSSR count). The summed E-state index contributed by atoms with van der Waals surface area (Å²) in [7, 11) is 0. The van der Waals surface area contributed by atoms with E-state index in [1.807, 2.05) is 35.2 Å². The first-order chi connectivity index (χ1) is 10.3. The first-order valence-electron chi connectivity index (χ1n) is 7.62. The van der Waals surface area contributed by atoms with Crippen LogP contribution in [0.3, 0.4) is 0 Å². The van der Waals surface area contributed by atoms with Gasteiger partial charge in [0.2, 0.25) is 0 Å². The Balaban J connectivity index is 1.79. The number of carbonyl (C=O) groups excluding carboxylic acids is 1. The van der Waals surface area contributed by atoms with Crippen LogP contribution in [0.1, 0.15) is 29.6 Å². The summed E-state index contributed by atoms with van der Waals surface area (Å²) in [6.07, 6.45) is 5.03. The molecule has 21 heavy (non-hydrogen) atoms. The summed E-state index contributed by atoms with van der Waals surface area (Å²) in [5, 5.41) is 1.01. The summed E-state index contributed by atoms with van der Waals surface area (Å²) in [5.41, 5.74) is 7.32. The van der Waals surface area contributed by atoms with E-state index in [0.29, 0.717) is 12.5 Å². The lowest BCUT2D eigenvalue weighted by atomic mass is 9.94. The number of pyridine rings is 1. The third-order valence-electron chi connectivity index (χ3n) is 4.23. The zero-order chi connectivity index (χ0) is 14.7. The lowest BCUT2D eigenvalue weighted by Gasteiger charge is -2.32. The Morgan fingerprint density at radius 2 is 2.29 bits per heavy atom. The Kier molecular flexibility index (Phi) is 4.15. The van der Waals surface area contributed by atoms with Crippen LogP contribution >= 0.6 is 0 Å². The topological polar surface area (TPSA) is 59.2 Å². The lowest BCUT2D eigenvalue weighted by molar-refractivity contribution is 0.0669. The number of rotatable bonds is 3. The van der Waals surface area contributed by atoms with Crippen LogP contribution in [0.5, 0.6) is 0 Å². The molecule has 1 fully saturated rings. The molecule has 2 aromatic rings. The van der Waals surface area contributed by atoms with Crippen LogP contribution in [0.2, 0.25) is 0 Å². The van der Waals surface area contributed by atoms with E-state index in [4.69, 9.17) is 5.73 Å². The average molecular weight is 283 g/mol. The molecule has 4 heteroatoms. The fourth-order valence-corrected chi connectivity index (χ4v) is 3.11. The monoisotopic (exact) mass is 283 g/mol. The number of hydrogen-bond acceptors (Lipinski definition) is 3. The predicted octanol–water partition coefficient (Wildman–Crippen LogP) is 2.44. The van der Waals surface area contributed by atoms with Crippen molar-refractivity contribution in [3.8, 4) is 0 Å². The molecule has 4 nitrogen and oxygen atoms in total. The summed E-state index contributed by atoms with van der Waals surface area (Å²) in [6.45, 7) is 2.39. The van der Waals surface area contributed by atoms with Gasteiger partial charge in [0, 0.05) is 30.2 Å². The SMILES string of the molecule is NCCC1CCCN(C(=O)c2ccc3ncccc3c2)C1. The molecule has 1 atom stereocenters. The number of benzene rings is 1. The number of carbonyl (C=O) groups is 1. The second kappa shape index (κ2) is 6.22. The zero-order valence-electron chi connectivity index (χ0n) is 12.2. The maximum absolute atomic E-state index is 12.7. The Morgan fingerprint density at radius 1 is 1.38 bits per heavy atom. The normalized spacial score (nSPS) is 18.9. The first kappa shape index (κ1) is 14.0. The van der Waals surface area contributed by atoms with Crippen LogP contribution in [-0.4, -0.2) is 35.4 Å². The number of amides is 1. The van der Waals surface area contributed by atoms with Crippen molar-refractivity contribution in [1.82, 2.24) is 9.88 Å². The van der Waals surface area contributed by atoms with Crippen LogP contribution in [0.4, 0.5) is 0 Å². The van der Waals surface area contributed by atoms with Gasteiger partial charge in [-0.15, -0.1) is 0 Å². The standard InChI is InChI=1S/C17H21N3O/c18-8-7-13-3-2-10-20(12-13)17(21)15-5-6-16-14(11-15)4-1-9-19-16/h1,4-6,9,11,13H,2-3,7-8,10,12,18H2. The highest BCUT2D eigenvalue weighted by Gasteiger charge is 2.24. The van der Waals surface area contributed by atoms with Crippen molar-refractivity contribution < 1.29 is 4.79 Å². The third-order valence-corrected chi connectivity index (χ3v) is 4.23. The molecule has 1 aromatic carbocycles. The van der Waals surface area contributed by atoms with Crippen LogP contribution in [0.25, 0.3) is 10.9 Å². The molecule has 0 radical (unpaired) electrons. The molecule has 1 unspecified atom stereocenters. The highest BCUT2D eigenvalue weighted by atomic mass is 16.2. The van der Waals surface area contributed by atoms with Gasteiger partial charge in [-0.05, 0) is 56.0 Å². The van der Waals surface area contributed by atoms with Crippen LogP contribution < -0.4 is 5.73 Å². The molecule has 0 bridgehead atoms. The zero-order valence-corrected chi connectivity index (χ0v) is 12.2. The van der Waals surface area contributed by atoms with Crippen molar-refractivity contribution >= 4 is 16.8 Å². The van der Waals surface area contributed by atoms with Gasteiger partial charge in [-0.2, -0.15) is 0 Å². The molecule has 2 N–H and O–H groups in total. The fourth-order valence-electron chi connectivity index (χ4n) is 3.11. The Morgan fingerprint density at radius 3 is 3.14 bits per heavy atom. The molecule has 1 aromatic heterocycles. The maximum atomic E-state index is 12.7. The van der Waals surface area contributed by atoms with E-state index in [1.165, 1.54) is 6.42 Å². The number of nitrogens with two attached hydrogens (primary N) is 1. The number of nitrogens with zero attached hydrogens (tertiary/aromatic N) is 2. The number of piperidine rings is 1. The quantitative estimate of drug-likeness (QED) is 0.941. The van der Waals surface area contributed by atoms with Gasteiger partial charge in [0.15, 0.2) is 0 Å². The second-order valence-electron chi connectivity index (χ2n) is 5.75. The predicted molar refractivity (Wildman–Crippen MR) is 84.0 cm³/mol. The molecule has 1 saturated heterocycles. The lowest BCUT2D eigenvalue weighted by Crippen LogP contribution is -2.40. The van der Waals surface area contributed by atoms with Crippen molar-refractivity contribution in [2.45, 2.75) is 19.3 Å². The molecule has 1 aliphatic heterocycles. The van der Waals surface area contributed by atoms with Crippen LogP contribution in [-0.2, 0) is 0 Å². The summed E-state index contributed by atoms with van der Waals surface area (Å²) >= 11 is 0. The van der Waals surface area contributed by atoms with E-state index in [1.54, 1.807) is 6.20 Å². The average Bonchev–Trinajstić information content (AvgIpc) is 2.54. The van der Waals surface area contributed by atoms with Crippen LogP contribution in [0, 0.1) is 5.92 Å². The van der Waals surface area contributed by atoms with E-state index >= 15 is 0 Å². The molecule has 0 spiro atoms. The minimum absolute atomic E-state index is 0.127. The first-order valence-corrected chi connectivity index (χ1v) is 7.62. The maximum Gasteiger partial charge on any atom is 0.253 e. The van der Waals surface area contributed by atoms with E-state index in [2.05, 4.69) is 4.98 Å². The molecule has 0 saturated carbocycles. The van der Waals surface area contributed by atoms with Crippen LogP contribution in [0.15, 0.2) is 36.5 Å². The Bertz CT molecular complexity index is 639. The van der Waals surface area contributed by atoms with E-state index < -0.39 is 0 Å². The minimum atomic E-state index is 0.127. The van der Waals surface area contributed by atoms with Gasteiger partial charge >= 0.3 is 0 Å². The highest BCUT2D eigenvalue weighted by molar-refractivity contribution is 5.98. The number of fused-ring (bicyclic) bond motifs is 1. The smallest absolute Gasteiger partial charge is 0.253 e. The second-order valence-corrected chi connectivity index (χ2v) is 5.75. The molecular formula is C17H21N3O. The van der Waals surface area contributed by atoms with E-state index in [0.717, 1.165) is 42.4 Å². The fraction of sp³-hybridized carbons (Fsp3) is 0.412. The van der Waals surface area contributed by atoms with Crippen molar-refractivity contribution in [3.63, 3.8) is 0 Å². The number of likely N-dealkylation sites (tertiary alicyclic amines) is 1. The van der Waals surface area contributed by atoms with E-state index in [9.17, 15) is 4.79 Å². The van der Waals surface area contributed by atoms with Crippen molar-refractivity contribution in [2.75, 3.05) is 19.6 Å². The summed E-state index contributed by atoms with van der Waals surface area (Å²) in [4.78, 5) is 18.9. The largest absolute Gasteiger partial charge is 0.338 e. The van der Waals surface area contributed by atoms with Gasteiger partial charge in [-0.25, -0.2) is 0 Å². The van der Waals surface area contributed by atoms with Gasteiger partial charge in [0.05, 0.1) is 5.52 Å². The Hall–Kier alpha value is -1.94. The molecule has 1 amide bonds. The molecule has 1 aliphatic rings. The van der Waals surface area contributed by atoms with Gasteiger partial charge < -0.3 is 10.6 Å². The molecule has 2 heterocycles. The van der Waals surface area contributed by atoms with Gasteiger partial charge in [-0.3, -0.25) is 9.78 Å². The summed E-state index contributed by atoms with van der Waals surface area (Å²) in [6, 6.07) is 9.63. The number of aromatic nitrogens is 1. The molecular weight excluding hydrogens is 262 g/mol. The van der Waals surface area contributed by atoms with Gasteiger partial charge in [-0.1, -0.05) is 6.07 Å². The van der Waals surface area contributed by atoms with Crippen molar-refractivity contribution in [3.05, 3.63) is 42.1 Å². The van der Waals surface area contributed by atoms with Gasteiger partial charge in [0.1, 0.15) is 0 Å². The highest BCUT2D eigenvalue weighted by Crippen LogP contribution is 2.22. The minimum Gasteiger partial charge on any atom is -0.338 e. The van der Waals surface area contributed by atoms with E-state index in [-0.39, 0.29) is 5.91 Å². The Labute approximate surface area is 125 Å². The summed E-state index contributed by atoms with van der Waals surface area (Å²) in [5.74, 6) is 0.678. The summed E-state index contributed by atoms with van der Waals surface area (Å²) < 4.78 is 0. The molecule has 110 valence electrons.